The van der Waals surface area contributed by atoms with Gasteiger partial charge in [0, 0.05) is 56.8 Å². The third-order valence-corrected chi connectivity index (χ3v) is 6.83. The number of likely N-dealkylation sites (N-methyl/N-ethyl adjacent to an activating group) is 1. The molecular weight excluding hydrogens is 470 g/mol. The van der Waals surface area contributed by atoms with Crippen LogP contribution in [0.15, 0.2) is 47.4 Å². The standard InChI is InChI=1S/C24H25N5O5S/c1-26-12-14-27(15-13-26)22(30)6-3-11-28-23(31)21(35-24(28)32)16-18-4-2-5-20(25-18)17-7-9-19(10-8-17)29(33)34/h2,4-5,7-10,16H,3,6,11-15H2,1H3/b21-16-. The van der Waals surface area contributed by atoms with Gasteiger partial charge in [0.2, 0.25) is 5.91 Å². The maximum atomic E-state index is 12.8. The van der Waals surface area contributed by atoms with Crippen molar-refractivity contribution in [2.45, 2.75) is 12.8 Å². The molecule has 0 atom stereocenters. The maximum Gasteiger partial charge on any atom is 0.293 e. The SMILES string of the molecule is CN1CCN(C(=O)CCCN2C(=O)S/C(=C\c3cccc(-c4ccc([N+](=O)[O-])cc4)n3)C2=O)CC1. The Balaban J connectivity index is 1.37. The zero-order chi connectivity index (χ0) is 24.9. The zero-order valence-corrected chi connectivity index (χ0v) is 20.1. The Morgan fingerprint density at radius 1 is 1.11 bits per heavy atom. The summed E-state index contributed by atoms with van der Waals surface area (Å²) < 4.78 is 0. The molecule has 35 heavy (non-hydrogen) atoms. The number of nitro benzene ring substituents is 1. The Morgan fingerprint density at radius 3 is 2.51 bits per heavy atom. The summed E-state index contributed by atoms with van der Waals surface area (Å²) in [4.78, 5) is 58.0. The lowest BCUT2D eigenvalue weighted by molar-refractivity contribution is -0.384. The van der Waals surface area contributed by atoms with Crippen LogP contribution in [0.2, 0.25) is 0 Å². The van der Waals surface area contributed by atoms with Gasteiger partial charge in [-0.05, 0) is 55.6 Å². The van der Waals surface area contributed by atoms with Gasteiger partial charge in [0.25, 0.3) is 16.8 Å². The number of non-ortho nitro benzene ring substituents is 1. The van der Waals surface area contributed by atoms with Crippen molar-refractivity contribution in [3.8, 4) is 11.3 Å². The first-order valence-corrected chi connectivity index (χ1v) is 12.1. The van der Waals surface area contributed by atoms with Gasteiger partial charge in [0.15, 0.2) is 0 Å². The number of piperazine rings is 1. The van der Waals surface area contributed by atoms with Crippen LogP contribution in [-0.2, 0) is 9.59 Å². The molecule has 4 rings (SSSR count). The minimum absolute atomic E-state index is 0.0104. The summed E-state index contributed by atoms with van der Waals surface area (Å²) in [5.41, 5.74) is 1.78. The van der Waals surface area contributed by atoms with E-state index >= 15 is 0 Å². The summed E-state index contributed by atoms with van der Waals surface area (Å²) in [6.07, 6.45) is 2.28. The van der Waals surface area contributed by atoms with Crippen molar-refractivity contribution < 1.29 is 19.3 Å². The van der Waals surface area contributed by atoms with Gasteiger partial charge in [0.05, 0.1) is 21.2 Å². The van der Waals surface area contributed by atoms with Gasteiger partial charge in [0.1, 0.15) is 0 Å². The quantitative estimate of drug-likeness (QED) is 0.326. The number of nitro groups is 1. The van der Waals surface area contributed by atoms with Gasteiger partial charge in [-0.15, -0.1) is 0 Å². The molecule has 1 aromatic heterocycles. The monoisotopic (exact) mass is 495 g/mol. The van der Waals surface area contributed by atoms with Crippen LogP contribution in [0.3, 0.4) is 0 Å². The van der Waals surface area contributed by atoms with E-state index in [1.807, 2.05) is 11.9 Å². The van der Waals surface area contributed by atoms with Crippen molar-refractivity contribution in [1.29, 1.82) is 0 Å². The highest BCUT2D eigenvalue weighted by Gasteiger charge is 2.35. The minimum atomic E-state index is -0.466. The fourth-order valence-electron chi connectivity index (χ4n) is 3.88. The van der Waals surface area contributed by atoms with Crippen LogP contribution in [0, 0.1) is 10.1 Å². The van der Waals surface area contributed by atoms with E-state index in [2.05, 4.69) is 9.88 Å². The van der Waals surface area contributed by atoms with Crippen molar-refractivity contribution in [1.82, 2.24) is 19.7 Å². The molecule has 10 nitrogen and oxygen atoms in total. The van der Waals surface area contributed by atoms with Crippen LogP contribution in [0.25, 0.3) is 17.3 Å². The zero-order valence-electron chi connectivity index (χ0n) is 19.3. The fraction of sp³-hybridized carbons (Fsp3) is 0.333. The Hall–Kier alpha value is -3.57. The van der Waals surface area contributed by atoms with Crippen LogP contribution < -0.4 is 0 Å². The number of pyridine rings is 1. The van der Waals surface area contributed by atoms with Crippen molar-refractivity contribution in [3.05, 3.63) is 63.2 Å². The molecule has 0 N–H and O–H groups in total. The fourth-order valence-corrected chi connectivity index (χ4v) is 4.73. The van der Waals surface area contributed by atoms with Gasteiger partial charge >= 0.3 is 0 Å². The molecular formula is C24H25N5O5S. The lowest BCUT2D eigenvalue weighted by atomic mass is 10.1. The average molecular weight is 496 g/mol. The summed E-state index contributed by atoms with van der Waals surface area (Å²) in [5.74, 6) is -0.345. The second kappa shape index (κ2) is 10.8. The van der Waals surface area contributed by atoms with E-state index in [4.69, 9.17) is 0 Å². The summed E-state index contributed by atoms with van der Waals surface area (Å²) >= 11 is 0.853. The van der Waals surface area contributed by atoms with Crippen LogP contribution in [0.5, 0.6) is 0 Å². The molecule has 0 aliphatic carbocycles. The number of nitrogens with zero attached hydrogens (tertiary/aromatic N) is 5. The minimum Gasteiger partial charge on any atom is -0.340 e. The van der Waals surface area contributed by atoms with Gasteiger partial charge < -0.3 is 9.80 Å². The number of aromatic nitrogens is 1. The molecule has 1 aromatic carbocycles. The highest BCUT2D eigenvalue weighted by molar-refractivity contribution is 8.18. The summed E-state index contributed by atoms with van der Waals surface area (Å²) in [5, 5.41) is 10.5. The van der Waals surface area contributed by atoms with Gasteiger partial charge in [-0.2, -0.15) is 0 Å². The summed E-state index contributed by atoms with van der Waals surface area (Å²) in [6, 6.07) is 11.3. The number of hydrogen-bond donors (Lipinski definition) is 0. The van der Waals surface area contributed by atoms with Gasteiger partial charge in [-0.1, -0.05) is 6.07 Å². The van der Waals surface area contributed by atoms with E-state index in [9.17, 15) is 24.5 Å². The highest BCUT2D eigenvalue weighted by atomic mass is 32.2. The average Bonchev–Trinajstić information content (AvgIpc) is 3.12. The smallest absolute Gasteiger partial charge is 0.293 e. The Labute approximate surface area is 206 Å². The lowest BCUT2D eigenvalue weighted by Crippen LogP contribution is -2.47. The van der Waals surface area contributed by atoms with Crippen LogP contribution >= 0.6 is 11.8 Å². The van der Waals surface area contributed by atoms with E-state index in [1.54, 1.807) is 36.4 Å². The van der Waals surface area contributed by atoms with Crippen LogP contribution in [0.4, 0.5) is 10.5 Å². The Kier molecular flexibility index (Phi) is 7.57. The molecule has 2 aliphatic rings. The summed E-state index contributed by atoms with van der Waals surface area (Å²) in [6.45, 7) is 3.28. The molecule has 2 aromatic rings. The molecule has 0 radical (unpaired) electrons. The molecule has 3 heterocycles. The molecule has 0 spiro atoms. The number of benzene rings is 1. The van der Waals surface area contributed by atoms with Crippen LogP contribution in [-0.4, -0.2) is 81.4 Å². The molecule has 11 heteroatoms. The number of carbonyl (C=O) groups excluding carboxylic acids is 3. The van der Waals surface area contributed by atoms with Gasteiger partial charge in [-0.25, -0.2) is 4.98 Å². The van der Waals surface area contributed by atoms with E-state index < -0.39 is 10.8 Å². The largest absolute Gasteiger partial charge is 0.340 e. The normalized spacial score (nSPS) is 17.9. The topological polar surface area (TPSA) is 117 Å². The number of amides is 3. The predicted octanol–water partition coefficient (Wildman–Crippen LogP) is 3.25. The predicted molar refractivity (Wildman–Crippen MR) is 132 cm³/mol. The highest BCUT2D eigenvalue weighted by Crippen LogP contribution is 2.32. The molecule has 182 valence electrons. The third kappa shape index (κ3) is 5.92. The first kappa shape index (κ1) is 24.6. The van der Waals surface area contributed by atoms with Crippen molar-refractivity contribution in [2.24, 2.45) is 0 Å². The maximum absolute atomic E-state index is 12.8. The number of imide groups is 1. The van der Waals surface area contributed by atoms with Crippen molar-refractivity contribution >= 4 is 40.6 Å². The van der Waals surface area contributed by atoms with E-state index in [1.165, 1.54) is 17.0 Å². The molecule has 3 amide bonds. The van der Waals surface area contributed by atoms with E-state index in [0.29, 0.717) is 42.9 Å². The van der Waals surface area contributed by atoms with Crippen molar-refractivity contribution in [3.63, 3.8) is 0 Å². The van der Waals surface area contributed by atoms with E-state index in [0.717, 1.165) is 24.9 Å². The Bertz CT molecular complexity index is 1180. The molecule has 2 aliphatic heterocycles. The number of thioether (sulfide) groups is 1. The summed E-state index contributed by atoms with van der Waals surface area (Å²) in [7, 11) is 2.02. The van der Waals surface area contributed by atoms with Gasteiger partial charge in [-0.3, -0.25) is 29.4 Å². The first-order valence-electron chi connectivity index (χ1n) is 11.3. The number of rotatable bonds is 7. The molecule has 0 unspecified atom stereocenters. The second-order valence-electron chi connectivity index (χ2n) is 8.37. The van der Waals surface area contributed by atoms with E-state index in [-0.39, 0.29) is 28.3 Å². The molecule has 0 saturated carbocycles. The van der Waals surface area contributed by atoms with Crippen molar-refractivity contribution in [2.75, 3.05) is 39.8 Å². The molecule has 2 fully saturated rings. The molecule has 2 saturated heterocycles. The number of carbonyl (C=O) groups is 3. The third-order valence-electron chi connectivity index (χ3n) is 5.93. The second-order valence-corrected chi connectivity index (χ2v) is 9.37. The number of hydrogen-bond acceptors (Lipinski definition) is 8. The lowest BCUT2D eigenvalue weighted by Gasteiger charge is -2.32. The first-order chi connectivity index (χ1) is 16.8. The molecule has 0 bridgehead atoms. The van der Waals surface area contributed by atoms with Crippen LogP contribution in [0.1, 0.15) is 18.5 Å². The Morgan fingerprint density at radius 2 is 1.83 bits per heavy atom.